The van der Waals surface area contributed by atoms with E-state index in [4.69, 9.17) is 0 Å². The lowest BCUT2D eigenvalue weighted by molar-refractivity contribution is -0.121. The summed E-state index contributed by atoms with van der Waals surface area (Å²) in [6.07, 6.45) is 4.79. The summed E-state index contributed by atoms with van der Waals surface area (Å²) in [5.74, 6) is 0.805. The molecule has 0 spiro atoms. The third-order valence-electron chi connectivity index (χ3n) is 4.28. The lowest BCUT2D eigenvalue weighted by Crippen LogP contribution is -2.33. The van der Waals surface area contributed by atoms with E-state index in [1.165, 1.54) is 18.9 Å². The minimum absolute atomic E-state index is 0. The van der Waals surface area contributed by atoms with Crippen LogP contribution in [-0.4, -0.2) is 25.5 Å². The Morgan fingerprint density at radius 1 is 1.48 bits per heavy atom. The number of hydrogen-bond acceptors (Lipinski definition) is 2. The van der Waals surface area contributed by atoms with E-state index in [1.807, 2.05) is 13.0 Å². The molecule has 1 saturated heterocycles. The van der Waals surface area contributed by atoms with Crippen molar-refractivity contribution >= 4 is 18.3 Å². The summed E-state index contributed by atoms with van der Waals surface area (Å²) in [4.78, 5) is 12.0. The molecule has 2 N–H and O–H groups in total. The molecule has 1 aromatic carbocycles. The van der Waals surface area contributed by atoms with Crippen LogP contribution in [0.1, 0.15) is 38.2 Å². The first-order chi connectivity index (χ1) is 10.6. The highest BCUT2D eigenvalue weighted by molar-refractivity contribution is 5.85. The maximum atomic E-state index is 13.1. The predicted octanol–water partition coefficient (Wildman–Crippen LogP) is 3.32. The first-order valence-electron chi connectivity index (χ1n) is 8.35. The predicted molar refractivity (Wildman–Crippen MR) is 94.4 cm³/mol. The molecule has 1 aromatic rings. The van der Waals surface area contributed by atoms with Crippen molar-refractivity contribution in [3.8, 4) is 0 Å². The van der Waals surface area contributed by atoms with Gasteiger partial charge in [0.05, 0.1) is 0 Å². The van der Waals surface area contributed by atoms with Crippen molar-refractivity contribution in [3.05, 3.63) is 35.6 Å². The zero-order valence-electron chi connectivity index (χ0n) is 13.8. The Hall–Kier alpha value is -1.13. The van der Waals surface area contributed by atoms with Gasteiger partial charge in [0.25, 0.3) is 0 Å². The Bertz CT molecular complexity index is 478. The molecule has 5 heteroatoms. The van der Waals surface area contributed by atoms with Crippen molar-refractivity contribution in [2.45, 2.75) is 39.0 Å². The van der Waals surface area contributed by atoms with Crippen molar-refractivity contribution in [3.63, 3.8) is 0 Å². The molecule has 1 heterocycles. The Balaban J connectivity index is 0.00000264. The molecule has 1 fully saturated rings. The molecule has 23 heavy (non-hydrogen) atoms. The van der Waals surface area contributed by atoms with E-state index in [0.717, 1.165) is 38.0 Å². The van der Waals surface area contributed by atoms with Gasteiger partial charge in [-0.05, 0) is 68.3 Å². The lowest BCUT2D eigenvalue weighted by atomic mass is 9.96. The van der Waals surface area contributed by atoms with Crippen LogP contribution in [0, 0.1) is 17.7 Å². The fraction of sp³-hybridized carbons (Fsp3) is 0.611. The summed E-state index contributed by atoms with van der Waals surface area (Å²) < 4.78 is 13.1. The molecule has 0 saturated carbocycles. The zero-order chi connectivity index (χ0) is 15.8. The molecule has 2 rings (SSSR count). The Morgan fingerprint density at radius 2 is 2.30 bits per heavy atom. The van der Waals surface area contributed by atoms with Gasteiger partial charge in [-0.1, -0.05) is 19.1 Å². The van der Waals surface area contributed by atoms with E-state index >= 15 is 0 Å². The summed E-state index contributed by atoms with van der Waals surface area (Å²) in [5, 5.41) is 6.41. The summed E-state index contributed by atoms with van der Waals surface area (Å²) >= 11 is 0. The fourth-order valence-corrected chi connectivity index (χ4v) is 3.11. The van der Waals surface area contributed by atoms with Gasteiger partial charge in [-0.25, -0.2) is 4.39 Å². The van der Waals surface area contributed by atoms with Gasteiger partial charge in [-0.3, -0.25) is 4.79 Å². The Kier molecular flexibility index (Phi) is 9.19. The summed E-state index contributed by atoms with van der Waals surface area (Å²) in [5.41, 5.74) is 0.952. The van der Waals surface area contributed by atoms with Gasteiger partial charge in [-0.2, -0.15) is 0 Å². The third kappa shape index (κ3) is 7.80. The van der Waals surface area contributed by atoms with Crippen LogP contribution in [0.15, 0.2) is 24.3 Å². The van der Waals surface area contributed by atoms with E-state index in [9.17, 15) is 9.18 Å². The second kappa shape index (κ2) is 10.6. The number of hydrogen-bond donors (Lipinski definition) is 2. The number of nitrogens with one attached hydrogen (secondary N) is 2. The maximum Gasteiger partial charge on any atom is 0.220 e. The van der Waals surface area contributed by atoms with Crippen molar-refractivity contribution in [1.29, 1.82) is 0 Å². The van der Waals surface area contributed by atoms with Crippen LogP contribution in [-0.2, 0) is 11.2 Å². The first-order valence-corrected chi connectivity index (χ1v) is 8.35. The lowest BCUT2D eigenvalue weighted by Gasteiger charge is -2.22. The van der Waals surface area contributed by atoms with Crippen LogP contribution in [0.3, 0.4) is 0 Å². The molecule has 3 nitrogen and oxygen atoms in total. The van der Waals surface area contributed by atoms with Crippen molar-refractivity contribution < 1.29 is 9.18 Å². The van der Waals surface area contributed by atoms with Crippen molar-refractivity contribution in [1.82, 2.24) is 10.6 Å². The molecular formula is C18H28ClFN2O. The quantitative estimate of drug-likeness (QED) is 0.798. The highest BCUT2D eigenvalue weighted by Crippen LogP contribution is 2.14. The summed E-state index contributed by atoms with van der Waals surface area (Å²) in [7, 11) is 0. The number of piperidine rings is 1. The SMILES string of the molecule is CC(CC(=O)NCCC1CCCNC1)Cc1cccc(F)c1.Cl. The third-order valence-corrected chi connectivity index (χ3v) is 4.28. The molecule has 130 valence electrons. The highest BCUT2D eigenvalue weighted by Gasteiger charge is 2.14. The van der Waals surface area contributed by atoms with Crippen LogP contribution in [0.25, 0.3) is 0 Å². The number of carbonyl (C=O) groups is 1. The number of halogens is 2. The van der Waals surface area contributed by atoms with Crippen LogP contribution >= 0.6 is 12.4 Å². The van der Waals surface area contributed by atoms with E-state index in [-0.39, 0.29) is 30.0 Å². The molecule has 1 amide bonds. The largest absolute Gasteiger partial charge is 0.356 e. The molecular weight excluding hydrogens is 315 g/mol. The van der Waals surface area contributed by atoms with Crippen LogP contribution in [0.2, 0.25) is 0 Å². The van der Waals surface area contributed by atoms with Gasteiger partial charge in [-0.15, -0.1) is 12.4 Å². The fourth-order valence-electron chi connectivity index (χ4n) is 3.11. The smallest absolute Gasteiger partial charge is 0.220 e. The van der Waals surface area contributed by atoms with Crippen molar-refractivity contribution in [2.75, 3.05) is 19.6 Å². The van der Waals surface area contributed by atoms with Crippen LogP contribution < -0.4 is 10.6 Å². The number of amides is 1. The van der Waals surface area contributed by atoms with Gasteiger partial charge >= 0.3 is 0 Å². The second-order valence-corrected chi connectivity index (χ2v) is 6.49. The normalized spacial score (nSPS) is 18.8. The van der Waals surface area contributed by atoms with Gasteiger partial charge in [0.15, 0.2) is 0 Å². The summed E-state index contributed by atoms with van der Waals surface area (Å²) in [6, 6.07) is 6.62. The maximum absolute atomic E-state index is 13.1. The van der Waals surface area contributed by atoms with Crippen molar-refractivity contribution in [2.24, 2.45) is 11.8 Å². The molecule has 1 aliphatic heterocycles. The zero-order valence-corrected chi connectivity index (χ0v) is 14.6. The van der Waals surface area contributed by atoms with E-state index in [2.05, 4.69) is 10.6 Å². The average Bonchev–Trinajstić information content (AvgIpc) is 2.48. The van der Waals surface area contributed by atoms with Gasteiger partial charge in [0, 0.05) is 13.0 Å². The van der Waals surface area contributed by atoms with Crippen LogP contribution in [0.4, 0.5) is 4.39 Å². The molecule has 1 aliphatic rings. The van der Waals surface area contributed by atoms with Crippen LogP contribution in [0.5, 0.6) is 0 Å². The minimum atomic E-state index is -0.213. The molecule has 0 aromatic heterocycles. The van der Waals surface area contributed by atoms with E-state index in [1.54, 1.807) is 12.1 Å². The first kappa shape index (κ1) is 19.9. The molecule has 0 radical (unpaired) electrons. The van der Waals surface area contributed by atoms with Gasteiger partial charge < -0.3 is 10.6 Å². The summed E-state index contributed by atoms with van der Waals surface area (Å²) in [6.45, 7) is 5.00. The van der Waals surface area contributed by atoms with Gasteiger partial charge in [0.1, 0.15) is 5.82 Å². The molecule has 0 bridgehead atoms. The standard InChI is InChI=1S/C18H27FN2O.ClH/c1-14(10-16-4-2-6-17(19)12-16)11-18(22)21-9-7-15-5-3-8-20-13-15;/h2,4,6,12,14-15,20H,3,5,7-11,13H2,1H3,(H,21,22);1H. The number of rotatable bonds is 7. The van der Waals surface area contributed by atoms with E-state index in [0.29, 0.717) is 12.3 Å². The topological polar surface area (TPSA) is 41.1 Å². The van der Waals surface area contributed by atoms with E-state index < -0.39 is 0 Å². The Labute approximate surface area is 144 Å². The molecule has 0 aliphatic carbocycles. The number of carbonyl (C=O) groups excluding carboxylic acids is 1. The number of benzene rings is 1. The molecule has 2 atom stereocenters. The molecule has 2 unspecified atom stereocenters. The van der Waals surface area contributed by atoms with Gasteiger partial charge in [0.2, 0.25) is 5.91 Å². The minimum Gasteiger partial charge on any atom is -0.356 e. The second-order valence-electron chi connectivity index (χ2n) is 6.49. The average molecular weight is 343 g/mol. The highest BCUT2D eigenvalue weighted by atomic mass is 35.5. The Morgan fingerprint density at radius 3 is 3.00 bits per heavy atom. The monoisotopic (exact) mass is 342 g/mol.